The van der Waals surface area contributed by atoms with E-state index in [0.29, 0.717) is 24.8 Å². The zero-order valence-electron chi connectivity index (χ0n) is 21.4. The number of primary amides is 1. The molecule has 9 nitrogen and oxygen atoms in total. The molecule has 0 spiro atoms. The Morgan fingerprint density at radius 1 is 1.00 bits per heavy atom. The fourth-order valence-corrected chi connectivity index (χ4v) is 6.04. The van der Waals surface area contributed by atoms with Gasteiger partial charge in [-0.1, -0.05) is 49.9 Å². The minimum atomic E-state index is -3.93. The summed E-state index contributed by atoms with van der Waals surface area (Å²) in [5.41, 5.74) is 12.6. The van der Waals surface area contributed by atoms with Gasteiger partial charge in [0, 0.05) is 37.1 Å². The number of anilines is 1. The van der Waals surface area contributed by atoms with Gasteiger partial charge in [0.05, 0.1) is 10.9 Å². The molecule has 36 heavy (non-hydrogen) atoms. The highest BCUT2D eigenvalue weighted by Crippen LogP contribution is 2.30. The lowest BCUT2D eigenvalue weighted by atomic mass is 10.1. The molecule has 0 radical (unpaired) electrons. The molecule has 3 rings (SSSR count). The largest absolute Gasteiger partial charge is 0.377 e. The van der Waals surface area contributed by atoms with Crippen molar-refractivity contribution >= 4 is 38.3 Å². The van der Waals surface area contributed by atoms with Crippen LogP contribution < -0.4 is 21.1 Å². The Morgan fingerprint density at radius 3 is 2.25 bits per heavy atom. The van der Waals surface area contributed by atoms with Crippen molar-refractivity contribution in [3.63, 3.8) is 0 Å². The van der Waals surface area contributed by atoms with E-state index in [0.717, 1.165) is 37.0 Å². The highest BCUT2D eigenvalue weighted by molar-refractivity contribution is 7.90. The van der Waals surface area contributed by atoms with Crippen LogP contribution in [0.15, 0.2) is 46.3 Å². The van der Waals surface area contributed by atoms with Crippen LogP contribution in [0.3, 0.4) is 0 Å². The zero-order chi connectivity index (χ0) is 26.1. The van der Waals surface area contributed by atoms with E-state index in [2.05, 4.69) is 14.6 Å². The number of carbonyl (C=O) groups excluding carboxylic acids is 1. The molecule has 1 atom stereocenters. The lowest BCUT2D eigenvalue weighted by molar-refractivity contribution is -0.123. The van der Waals surface area contributed by atoms with Crippen LogP contribution in [0.5, 0.6) is 0 Å². The van der Waals surface area contributed by atoms with Crippen molar-refractivity contribution in [1.29, 1.82) is 0 Å². The van der Waals surface area contributed by atoms with E-state index in [-0.39, 0.29) is 22.8 Å². The van der Waals surface area contributed by atoms with E-state index in [1.54, 1.807) is 18.2 Å². The molecule has 2 aromatic carbocycles. The molecule has 1 heterocycles. The maximum atomic E-state index is 13.1. The number of benzene rings is 2. The van der Waals surface area contributed by atoms with Crippen LogP contribution in [0.25, 0.3) is 10.8 Å². The first-order valence-electron chi connectivity index (χ1n) is 12.8. The number of amides is 1. The van der Waals surface area contributed by atoms with Gasteiger partial charge < -0.3 is 16.4 Å². The van der Waals surface area contributed by atoms with Gasteiger partial charge in [-0.25, -0.2) is 13.1 Å². The number of aliphatic imine (C=N–C) groups is 1. The lowest BCUT2D eigenvalue weighted by Gasteiger charge is -2.29. The molecule has 10 heteroatoms. The fraction of sp³-hybridized carbons (Fsp3) is 0.538. The topological polar surface area (TPSA) is 134 Å². The summed E-state index contributed by atoms with van der Waals surface area (Å²) in [5, 5.41) is 1.44. The monoisotopic (exact) mass is 516 g/mol. The third-order valence-corrected chi connectivity index (χ3v) is 8.11. The molecule has 198 valence electrons. The second kappa shape index (κ2) is 12.9. The highest BCUT2D eigenvalue weighted by Gasteiger charge is 2.23. The molecular formula is C26H40N6O3S. The smallest absolute Gasteiger partial charge is 0.264 e. The molecule has 0 unspecified atom stereocenters. The van der Waals surface area contributed by atoms with Gasteiger partial charge >= 0.3 is 0 Å². The summed E-state index contributed by atoms with van der Waals surface area (Å²) in [5.74, 6) is -0.492. The standard InChI is InChI=1S/C26H40N6O3S/c1-31(2)22-14-9-13-21-20(22)12-10-16-24(21)36(34,35)30-26(28)29-17-11-15-23(25(27)33)32-18-7-5-3-4-6-8-19-32/h9-10,12-14,16,23H,3-8,11,15,17-19H2,1-2H3,(H2,27,33)(H3,28,29,30)/t23-/m0/s1. The van der Waals surface area contributed by atoms with E-state index >= 15 is 0 Å². The molecule has 1 aliphatic rings. The van der Waals surface area contributed by atoms with Gasteiger partial charge in [0.1, 0.15) is 0 Å². The Bertz CT molecular complexity index is 1160. The Kier molecular flexibility index (Phi) is 9.95. The van der Waals surface area contributed by atoms with Gasteiger partial charge in [0.25, 0.3) is 10.0 Å². The zero-order valence-corrected chi connectivity index (χ0v) is 22.3. The number of hydrogen-bond acceptors (Lipinski definition) is 6. The maximum Gasteiger partial charge on any atom is 0.264 e. The van der Waals surface area contributed by atoms with Gasteiger partial charge in [0.15, 0.2) is 0 Å². The normalized spacial score (nSPS) is 17.1. The number of nitrogens with zero attached hydrogens (tertiary/aromatic N) is 3. The predicted molar refractivity (Wildman–Crippen MR) is 147 cm³/mol. The number of rotatable bonds is 9. The van der Waals surface area contributed by atoms with E-state index in [1.165, 1.54) is 25.7 Å². The molecule has 1 fully saturated rings. The van der Waals surface area contributed by atoms with Crippen molar-refractivity contribution in [3.05, 3.63) is 36.4 Å². The van der Waals surface area contributed by atoms with Gasteiger partial charge in [-0.05, 0) is 50.9 Å². The Hall–Kier alpha value is -2.85. The van der Waals surface area contributed by atoms with Crippen molar-refractivity contribution in [2.45, 2.75) is 62.3 Å². The molecule has 1 amide bonds. The quantitative estimate of drug-likeness (QED) is 0.267. The number of nitrogens with two attached hydrogens (primary N) is 2. The molecule has 0 aliphatic carbocycles. The first-order valence-corrected chi connectivity index (χ1v) is 14.2. The summed E-state index contributed by atoms with van der Waals surface area (Å²) in [4.78, 5) is 20.6. The molecule has 2 aromatic rings. The number of nitrogens with one attached hydrogen (secondary N) is 1. The summed E-state index contributed by atoms with van der Waals surface area (Å²) >= 11 is 0. The fourth-order valence-electron chi connectivity index (χ4n) is 4.86. The molecule has 1 aliphatic heterocycles. The average Bonchev–Trinajstić information content (AvgIpc) is 2.96. The predicted octanol–water partition coefficient (Wildman–Crippen LogP) is 2.79. The molecular weight excluding hydrogens is 476 g/mol. The highest BCUT2D eigenvalue weighted by atomic mass is 32.2. The van der Waals surface area contributed by atoms with Crippen LogP contribution in [-0.2, 0) is 14.8 Å². The third kappa shape index (κ3) is 7.33. The number of fused-ring (bicyclic) bond motifs is 1. The summed E-state index contributed by atoms with van der Waals surface area (Å²) in [6.07, 6.45) is 8.12. The molecule has 0 bridgehead atoms. The van der Waals surface area contributed by atoms with Crippen LogP contribution in [0.4, 0.5) is 5.69 Å². The van der Waals surface area contributed by atoms with E-state index in [9.17, 15) is 13.2 Å². The maximum absolute atomic E-state index is 13.1. The molecule has 1 saturated heterocycles. The summed E-state index contributed by atoms with van der Waals surface area (Å²) in [6.45, 7) is 2.05. The number of guanidine groups is 1. The van der Waals surface area contributed by atoms with Crippen molar-refractivity contribution in [3.8, 4) is 0 Å². The van der Waals surface area contributed by atoms with Crippen molar-refractivity contribution < 1.29 is 13.2 Å². The number of hydrogen-bond donors (Lipinski definition) is 3. The van der Waals surface area contributed by atoms with Gasteiger partial charge in [-0.15, -0.1) is 0 Å². The second-order valence-corrected chi connectivity index (χ2v) is 11.3. The third-order valence-electron chi connectivity index (χ3n) is 6.70. The summed E-state index contributed by atoms with van der Waals surface area (Å²) in [7, 11) is -0.102. The van der Waals surface area contributed by atoms with Crippen LogP contribution in [0, 0.1) is 0 Å². The van der Waals surface area contributed by atoms with Crippen molar-refractivity contribution in [1.82, 2.24) is 9.62 Å². The van der Waals surface area contributed by atoms with Gasteiger partial charge in [-0.3, -0.25) is 14.7 Å². The molecule has 0 saturated carbocycles. The van der Waals surface area contributed by atoms with E-state index in [1.807, 2.05) is 37.2 Å². The first-order chi connectivity index (χ1) is 17.2. The van der Waals surface area contributed by atoms with E-state index < -0.39 is 10.0 Å². The average molecular weight is 517 g/mol. The van der Waals surface area contributed by atoms with Crippen molar-refractivity contribution in [2.24, 2.45) is 16.5 Å². The number of carbonyl (C=O) groups is 1. The van der Waals surface area contributed by atoms with Gasteiger partial charge in [-0.2, -0.15) is 0 Å². The van der Waals surface area contributed by atoms with Crippen LogP contribution in [0.1, 0.15) is 51.4 Å². The minimum absolute atomic E-state index is 0.142. The Balaban J connectivity index is 1.64. The summed E-state index contributed by atoms with van der Waals surface area (Å²) in [6, 6.07) is 10.4. The lowest BCUT2D eigenvalue weighted by Crippen LogP contribution is -2.45. The Morgan fingerprint density at radius 2 is 1.61 bits per heavy atom. The molecule has 0 aromatic heterocycles. The number of sulfonamides is 1. The Labute approximate surface area is 215 Å². The van der Waals surface area contributed by atoms with Crippen molar-refractivity contribution in [2.75, 3.05) is 38.6 Å². The van der Waals surface area contributed by atoms with Crippen LogP contribution in [-0.4, -0.2) is 65.0 Å². The summed E-state index contributed by atoms with van der Waals surface area (Å²) < 4.78 is 28.6. The van der Waals surface area contributed by atoms with Crippen LogP contribution >= 0.6 is 0 Å². The van der Waals surface area contributed by atoms with Crippen LogP contribution in [0.2, 0.25) is 0 Å². The van der Waals surface area contributed by atoms with Gasteiger partial charge in [0.2, 0.25) is 11.9 Å². The van der Waals surface area contributed by atoms with E-state index in [4.69, 9.17) is 11.5 Å². The molecule has 5 N–H and O–H groups in total. The SMILES string of the molecule is CN(C)c1cccc2c(S(=O)(=O)NC(N)=NCCC[C@@H](C(N)=O)N3CCCCCCCC3)cccc12. The first kappa shape index (κ1) is 27.7. The minimum Gasteiger partial charge on any atom is -0.377 e. The second-order valence-electron chi connectivity index (χ2n) is 9.61.